The Morgan fingerprint density at radius 1 is 1.17 bits per heavy atom. The number of hydrogen-bond acceptors (Lipinski definition) is 3. The molecule has 0 aliphatic heterocycles. The van der Waals surface area contributed by atoms with E-state index in [9.17, 15) is 0 Å². The number of thiol groups is 1. The molecule has 64 valence electrons. The summed E-state index contributed by atoms with van der Waals surface area (Å²) >= 11 is 4.10. The van der Waals surface area contributed by atoms with Crippen molar-refractivity contribution in [2.24, 2.45) is 0 Å². The van der Waals surface area contributed by atoms with Crippen LogP contribution in [-0.2, 0) is 6.42 Å². The SMILES string of the molecule is OB(O)c1ccc(CCS)cc1. The summed E-state index contributed by atoms with van der Waals surface area (Å²) in [4.78, 5) is 0. The molecule has 1 aromatic carbocycles. The molecule has 12 heavy (non-hydrogen) atoms. The summed E-state index contributed by atoms with van der Waals surface area (Å²) < 4.78 is 0. The van der Waals surface area contributed by atoms with Gasteiger partial charge in [0.15, 0.2) is 0 Å². The van der Waals surface area contributed by atoms with E-state index in [1.54, 1.807) is 12.1 Å². The highest BCUT2D eigenvalue weighted by atomic mass is 32.1. The highest BCUT2D eigenvalue weighted by molar-refractivity contribution is 7.80. The van der Waals surface area contributed by atoms with Crippen LogP contribution in [0.3, 0.4) is 0 Å². The van der Waals surface area contributed by atoms with Crippen LogP contribution in [0.15, 0.2) is 24.3 Å². The first-order chi connectivity index (χ1) is 5.74. The molecule has 0 aliphatic carbocycles. The van der Waals surface area contributed by atoms with Crippen molar-refractivity contribution in [3.05, 3.63) is 29.8 Å². The van der Waals surface area contributed by atoms with E-state index in [0.717, 1.165) is 17.7 Å². The van der Waals surface area contributed by atoms with Gasteiger partial charge in [-0.1, -0.05) is 24.3 Å². The lowest BCUT2D eigenvalue weighted by Crippen LogP contribution is -2.29. The first-order valence-corrected chi connectivity index (χ1v) is 4.43. The van der Waals surface area contributed by atoms with Gasteiger partial charge in [0.25, 0.3) is 0 Å². The first kappa shape index (κ1) is 9.64. The maximum absolute atomic E-state index is 8.78. The third-order valence-corrected chi connectivity index (χ3v) is 1.90. The summed E-state index contributed by atoms with van der Waals surface area (Å²) in [6, 6.07) is 7.18. The largest absolute Gasteiger partial charge is 0.488 e. The fourth-order valence-corrected chi connectivity index (χ4v) is 1.24. The van der Waals surface area contributed by atoms with Gasteiger partial charge < -0.3 is 10.0 Å². The van der Waals surface area contributed by atoms with E-state index in [-0.39, 0.29) is 0 Å². The molecule has 0 amide bonds. The van der Waals surface area contributed by atoms with Crippen LogP contribution in [0.5, 0.6) is 0 Å². The standard InChI is InChI=1S/C8H11BO2S/c10-9(11)8-3-1-7(2-4-8)5-6-12/h1-4,10-12H,5-6H2. The molecule has 0 bridgehead atoms. The van der Waals surface area contributed by atoms with Crippen molar-refractivity contribution in [2.75, 3.05) is 5.75 Å². The number of rotatable bonds is 3. The molecule has 1 rings (SSSR count). The molecular weight excluding hydrogens is 171 g/mol. The second kappa shape index (κ2) is 4.55. The fraction of sp³-hybridized carbons (Fsp3) is 0.250. The Kier molecular flexibility index (Phi) is 3.65. The zero-order valence-electron chi connectivity index (χ0n) is 6.64. The van der Waals surface area contributed by atoms with Crippen molar-refractivity contribution >= 4 is 25.2 Å². The van der Waals surface area contributed by atoms with Gasteiger partial charge in [0.1, 0.15) is 0 Å². The highest BCUT2D eigenvalue weighted by Crippen LogP contribution is 1.99. The van der Waals surface area contributed by atoms with Gasteiger partial charge in [0, 0.05) is 0 Å². The molecule has 0 unspecified atom stereocenters. The molecular formula is C8H11BO2S. The average Bonchev–Trinajstić information content (AvgIpc) is 2.06. The van der Waals surface area contributed by atoms with Gasteiger partial charge in [-0.05, 0) is 23.2 Å². The summed E-state index contributed by atoms with van der Waals surface area (Å²) in [6.45, 7) is 0. The Bertz CT molecular complexity index is 235. The zero-order valence-corrected chi connectivity index (χ0v) is 7.54. The molecule has 2 nitrogen and oxygen atoms in total. The quantitative estimate of drug-likeness (QED) is 0.449. The van der Waals surface area contributed by atoms with Gasteiger partial charge in [-0.15, -0.1) is 0 Å². The predicted molar refractivity (Wildman–Crippen MR) is 53.8 cm³/mol. The maximum atomic E-state index is 8.78. The van der Waals surface area contributed by atoms with E-state index in [1.165, 1.54) is 0 Å². The second-order valence-electron chi connectivity index (χ2n) is 2.59. The van der Waals surface area contributed by atoms with E-state index in [4.69, 9.17) is 10.0 Å². The van der Waals surface area contributed by atoms with Crippen LogP contribution in [0, 0.1) is 0 Å². The van der Waals surface area contributed by atoms with E-state index in [2.05, 4.69) is 12.6 Å². The Morgan fingerprint density at radius 2 is 1.75 bits per heavy atom. The molecule has 0 aromatic heterocycles. The van der Waals surface area contributed by atoms with Crippen molar-refractivity contribution in [1.82, 2.24) is 0 Å². The van der Waals surface area contributed by atoms with Crippen molar-refractivity contribution in [2.45, 2.75) is 6.42 Å². The van der Waals surface area contributed by atoms with Crippen LogP contribution < -0.4 is 5.46 Å². The molecule has 1 aromatic rings. The lowest BCUT2D eigenvalue weighted by Gasteiger charge is -2.00. The van der Waals surface area contributed by atoms with E-state index in [1.807, 2.05) is 12.1 Å². The minimum absolute atomic E-state index is 0.526. The molecule has 0 aliphatic rings. The maximum Gasteiger partial charge on any atom is 0.488 e. The number of aryl methyl sites for hydroxylation is 1. The molecule has 0 saturated carbocycles. The predicted octanol–water partition coefficient (Wildman–Crippen LogP) is -0.161. The van der Waals surface area contributed by atoms with Crippen LogP contribution in [0.2, 0.25) is 0 Å². The average molecular weight is 182 g/mol. The Morgan fingerprint density at radius 3 is 2.17 bits per heavy atom. The van der Waals surface area contributed by atoms with Crippen molar-refractivity contribution in [3.63, 3.8) is 0 Å². The third-order valence-electron chi connectivity index (χ3n) is 1.68. The monoisotopic (exact) mass is 182 g/mol. The zero-order chi connectivity index (χ0) is 8.97. The molecule has 0 saturated heterocycles. The minimum atomic E-state index is -1.37. The topological polar surface area (TPSA) is 40.5 Å². The lowest BCUT2D eigenvalue weighted by molar-refractivity contribution is 0.426. The normalized spacial score (nSPS) is 9.92. The highest BCUT2D eigenvalue weighted by Gasteiger charge is 2.08. The fourth-order valence-electron chi connectivity index (χ4n) is 0.986. The lowest BCUT2D eigenvalue weighted by atomic mass is 9.80. The second-order valence-corrected chi connectivity index (χ2v) is 3.04. The van der Waals surface area contributed by atoms with Crippen molar-refractivity contribution in [1.29, 1.82) is 0 Å². The summed E-state index contributed by atoms with van der Waals surface area (Å²) in [7, 11) is -1.37. The van der Waals surface area contributed by atoms with Gasteiger partial charge in [0.05, 0.1) is 0 Å². The summed E-state index contributed by atoms with van der Waals surface area (Å²) in [5, 5.41) is 17.6. The summed E-state index contributed by atoms with van der Waals surface area (Å²) in [5.74, 6) is 0.807. The smallest absolute Gasteiger partial charge is 0.423 e. The van der Waals surface area contributed by atoms with Crippen LogP contribution in [-0.4, -0.2) is 22.9 Å². The van der Waals surface area contributed by atoms with Crippen LogP contribution >= 0.6 is 12.6 Å². The van der Waals surface area contributed by atoms with Gasteiger partial charge >= 0.3 is 7.12 Å². The van der Waals surface area contributed by atoms with Crippen LogP contribution in [0.1, 0.15) is 5.56 Å². The molecule has 0 radical (unpaired) electrons. The summed E-state index contributed by atoms with van der Waals surface area (Å²) in [5.41, 5.74) is 1.69. The van der Waals surface area contributed by atoms with Gasteiger partial charge in [0.2, 0.25) is 0 Å². The number of benzene rings is 1. The van der Waals surface area contributed by atoms with E-state index < -0.39 is 7.12 Å². The van der Waals surface area contributed by atoms with Crippen molar-refractivity contribution in [3.8, 4) is 0 Å². The molecule has 2 N–H and O–H groups in total. The Labute approximate surface area is 77.8 Å². The first-order valence-electron chi connectivity index (χ1n) is 3.80. The van der Waals surface area contributed by atoms with Gasteiger partial charge in [-0.3, -0.25) is 0 Å². The Hall–Kier alpha value is -0.445. The number of hydrogen-bond donors (Lipinski definition) is 3. The van der Waals surface area contributed by atoms with Crippen molar-refractivity contribution < 1.29 is 10.0 Å². The molecule has 0 heterocycles. The third kappa shape index (κ3) is 2.55. The van der Waals surface area contributed by atoms with Gasteiger partial charge in [-0.25, -0.2) is 0 Å². The van der Waals surface area contributed by atoms with Crippen LogP contribution in [0.25, 0.3) is 0 Å². The van der Waals surface area contributed by atoms with Crippen LogP contribution in [0.4, 0.5) is 0 Å². The Balaban J connectivity index is 2.71. The van der Waals surface area contributed by atoms with Gasteiger partial charge in [-0.2, -0.15) is 12.6 Å². The molecule has 4 heteroatoms. The minimum Gasteiger partial charge on any atom is -0.423 e. The van der Waals surface area contributed by atoms with E-state index in [0.29, 0.717) is 5.46 Å². The summed E-state index contributed by atoms with van der Waals surface area (Å²) in [6.07, 6.45) is 0.908. The molecule has 0 spiro atoms. The molecule has 0 fully saturated rings. The van der Waals surface area contributed by atoms with E-state index >= 15 is 0 Å². The molecule has 0 atom stereocenters.